The summed E-state index contributed by atoms with van der Waals surface area (Å²) in [6.45, 7) is 1.12. The molecule has 0 bridgehead atoms. The number of hydrogen-bond acceptors (Lipinski definition) is 8. The third-order valence-corrected chi connectivity index (χ3v) is 6.64. The number of nitrogens with one attached hydrogen (secondary N) is 2. The summed E-state index contributed by atoms with van der Waals surface area (Å²) in [6, 6.07) is 3.20. The van der Waals surface area contributed by atoms with Gasteiger partial charge in [0.1, 0.15) is 26.6 Å². The first kappa shape index (κ1) is 21.9. The Balaban J connectivity index is 1.53. The van der Waals surface area contributed by atoms with Gasteiger partial charge in [0, 0.05) is 19.1 Å². The summed E-state index contributed by atoms with van der Waals surface area (Å²) >= 11 is 1.98. The van der Waals surface area contributed by atoms with E-state index in [9.17, 15) is 18.4 Å². The molecule has 0 saturated carbocycles. The molecule has 1 fully saturated rings. The van der Waals surface area contributed by atoms with Gasteiger partial charge in [-0.25, -0.2) is 18.6 Å². The van der Waals surface area contributed by atoms with Crippen LogP contribution in [-0.2, 0) is 0 Å². The number of halogens is 2. The Kier molecular flexibility index (Phi) is 6.19. The molecule has 0 spiro atoms. The fourth-order valence-electron chi connectivity index (χ4n) is 3.49. The highest BCUT2D eigenvalue weighted by molar-refractivity contribution is 7.19. The standard InChI is InChI=1S/C19H18F2N6O3S2/c20-10-4-1-5-11(21)13(10)17-26-14(15(22)31-17)16(28)25-12-7-23-32-18(12)27-6-2-3-9(8-27)24-19(29)30/h1,4-5,7,9,24H,2-3,6,8,22H2,(H,25,28)(H,29,30). The zero-order valence-electron chi connectivity index (χ0n) is 16.5. The Hall–Kier alpha value is -3.32. The maximum atomic E-state index is 14.1. The van der Waals surface area contributed by atoms with E-state index in [4.69, 9.17) is 10.8 Å². The van der Waals surface area contributed by atoms with E-state index in [1.54, 1.807) is 0 Å². The van der Waals surface area contributed by atoms with Crippen molar-refractivity contribution in [3.05, 3.63) is 41.7 Å². The summed E-state index contributed by atoms with van der Waals surface area (Å²) < 4.78 is 32.3. The zero-order valence-corrected chi connectivity index (χ0v) is 18.1. The number of carboxylic acid groups (broad SMARTS) is 1. The molecule has 1 aromatic carbocycles. The molecule has 2 aromatic heterocycles. The highest BCUT2D eigenvalue weighted by Gasteiger charge is 2.26. The predicted molar refractivity (Wildman–Crippen MR) is 118 cm³/mol. The molecular weight excluding hydrogens is 462 g/mol. The average molecular weight is 481 g/mol. The summed E-state index contributed by atoms with van der Waals surface area (Å²) in [5.74, 6) is -2.24. The Morgan fingerprint density at radius 2 is 2.03 bits per heavy atom. The van der Waals surface area contributed by atoms with Crippen molar-refractivity contribution in [3.8, 4) is 10.6 Å². The molecule has 2 amide bonds. The van der Waals surface area contributed by atoms with E-state index in [-0.39, 0.29) is 27.3 Å². The minimum absolute atomic E-state index is 0.0218. The van der Waals surface area contributed by atoms with Gasteiger partial charge in [-0.2, -0.15) is 4.37 Å². The van der Waals surface area contributed by atoms with Crippen LogP contribution in [0.5, 0.6) is 0 Å². The average Bonchev–Trinajstić information content (AvgIpc) is 3.34. The molecule has 1 atom stereocenters. The smallest absolute Gasteiger partial charge is 0.404 e. The normalized spacial score (nSPS) is 16.1. The number of anilines is 3. The van der Waals surface area contributed by atoms with E-state index < -0.39 is 23.6 Å². The number of nitrogen functional groups attached to an aromatic ring is 1. The largest absolute Gasteiger partial charge is 0.465 e. The number of aromatic nitrogens is 2. The lowest BCUT2D eigenvalue weighted by Crippen LogP contribution is -2.47. The monoisotopic (exact) mass is 480 g/mol. The van der Waals surface area contributed by atoms with E-state index in [1.165, 1.54) is 12.3 Å². The van der Waals surface area contributed by atoms with Crippen LogP contribution in [0.3, 0.4) is 0 Å². The molecule has 0 aliphatic carbocycles. The number of piperidine rings is 1. The number of carbonyl (C=O) groups is 2. The van der Waals surface area contributed by atoms with Crippen LogP contribution in [0.2, 0.25) is 0 Å². The molecule has 9 nitrogen and oxygen atoms in total. The number of rotatable bonds is 5. The molecule has 4 rings (SSSR count). The number of benzene rings is 1. The second kappa shape index (κ2) is 9.04. The second-order valence-electron chi connectivity index (χ2n) is 7.06. The molecule has 0 radical (unpaired) electrons. The zero-order chi connectivity index (χ0) is 22.8. The molecule has 13 heteroatoms. The maximum absolute atomic E-state index is 14.1. The van der Waals surface area contributed by atoms with E-state index in [2.05, 4.69) is 20.0 Å². The molecule has 3 heterocycles. The summed E-state index contributed by atoms with van der Waals surface area (Å²) in [4.78, 5) is 29.8. The highest BCUT2D eigenvalue weighted by atomic mass is 32.1. The Bertz CT molecular complexity index is 1150. The van der Waals surface area contributed by atoms with Crippen molar-refractivity contribution >= 4 is 50.6 Å². The highest BCUT2D eigenvalue weighted by Crippen LogP contribution is 2.36. The molecule has 5 N–H and O–H groups in total. The number of thiazole rings is 1. The van der Waals surface area contributed by atoms with Gasteiger partial charge in [0.15, 0.2) is 5.69 Å². The van der Waals surface area contributed by atoms with Crippen LogP contribution < -0.4 is 21.3 Å². The van der Waals surface area contributed by atoms with Crippen LogP contribution in [-0.4, -0.2) is 45.6 Å². The van der Waals surface area contributed by atoms with Crippen LogP contribution in [0.15, 0.2) is 24.4 Å². The second-order valence-corrected chi connectivity index (χ2v) is 8.87. The van der Waals surface area contributed by atoms with Crippen molar-refractivity contribution < 1.29 is 23.5 Å². The Morgan fingerprint density at radius 1 is 1.28 bits per heavy atom. The third kappa shape index (κ3) is 4.48. The first-order chi connectivity index (χ1) is 15.3. The van der Waals surface area contributed by atoms with Crippen molar-refractivity contribution in [3.63, 3.8) is 0 Å². The van der Waals surface area contributed by atoms with E-state index in [0.717, 1.165) is 41.4 Å². The molecule has 168 valence electrons. The number of nitrogens with two attached hydrogens (primary N) is 1. The number of hydrogen-bond donors (Lipinski definition) is 4. The Morgan fingerprint density at radius 3 is 2.75 bits per heavy atom. The minimum atomic E-state index is -1.09. The lowest BCUT2D eigenvalue weighted by Gasteiger charge is -2.33. The molecule has 1 aliphatic rings. The van der Waals surface area contributed by atoms with Crippen LogP contribution in [0.25, 0.3) is 10.6 Å². The van der Waals surface area contributed by atoms with Crippen LogP contribution in [0.4, 0.5) is 29.3 Å². The lowest BCUT2D eigenvalue weighted by molar-refractivity contribution is 0.102. The SMILES string of the molecule is Nc1sc(-c2c(F)cccc2F)nc1C(=O)Nc1cnsc1N1CCCC(NC(=O)O)C1. The van der Waals surface area contributed by atoms with Crippen LogP contribution in [0.1, 0.15) is 23.3 Å². The van der Waals surface area contributed by atoms with Gasteiger partial charge in [-0.15, -0.1) is 0 Å². The van der Waals surface area contributed by atoms with Crippen molar-refractivity contribution in [2.75, 3.05) is 29.0 Å². The van der Waals surface area contributed by atoms with Crippen molar-refractivity contribution in [2.45, 2.75) is 18.9 Å². The van der Waals surface area contributed by atoms with Gasteiger partial charge in [-0.05, 0) is 36.5 Å². The maximum Gasteiger partial charge on any atom is 0.404 e. The first-order valence-corrected chi connectivity index (χ1v) is 11.1. The van der Waals surface area contributed by atoms with E-state index >= 15 is 0 Å². The number of carbonyl (C=O) groups excluding carboxylic acids is 1. The molecular formula is C19H18F2N6O3S2. The van der Waals surface area contributed by atoms with Crippen LogP contribution in [0, 0.1) is 11.6 Å². The fraction of sp³-hybridized carbons (Fsp3) is 0.263. The van der Waals surface area contributed by atoms with Gasteiger partial charge >= 0.3 is 6.09 Å². The van der Waals surface area contributed by atoms with Crippen LogP contribution >= 0.6 is 22.9 Å². The summed E-state index contributed by atoms with van der Waals surface area (Å²) in [5, 5.41) is 14.8. The summed E-state index contributed by atoms with van der Waals surface area (Å²) in [7, 11) is 0. The number of amides is 2. The lowest BCUT2D eigenvalue weighted by atomic mass is 10.1. The summed E-state index contributed by atoms with van der Waals surface area (Å²) in [6.07, 6.45) is 1.88. The van der Waals surface area contributed by atoms with Crippen molar-refractivity contribution in [2.24, 2.45) is 0 Å². The first-order valence-electron chi connectivity index (χ1n) is 9.54. The van der Waals surface area contributed by atoms with Gasteiger partial charge in [0.2, 0.25) is 0 Å². The third-order valence-electron chi connectivity index (χ3n) is 4.88. The van der Waals surface area contributed by atoms with Gasteiger partial charge < -0.3 is 26.4 Å². The molecule has 1 aliphatic heterocycles. The van der Waals surface area contributed by atoms with Gasteiger partial charge in [0.25, 0.3) is 5.91 Å². The quantitative estimate of drug-likeness (QED) is 0.438. The molecule has 3 aromatic rings. The Labute approximate surface area is 189 Å². The topological polar surface area (TPSA) is 133 Å². The van der Waals surface area contributed by atoms with E-state index in [1.807, 2.05) is 4.90 Å². The number of nitrogens with zero attached hydrogens (tertiary/aromatic N) is 3. The van der Waals surface area contributed by atoms with Gasteiger partial charge in [0.05, 0.1) is 17.4 Å². The molecule has 1 unspecified atom stereocenters. The van der Waals surface area contributed by atoms with E-state index in [0.29, 0.717) is 30.2 Å². The predicted octanol–water partition coefficient (Wildman–Crippen LogP) is 3.62. The van der Waals surface area contributed by atoms with Gasteiger partial charge in [-0.1, -0.05) is 17.4 Å². The molecule has 32 heavy (non-hydrogen) atoms. The minimum Gasteiger partial charge on any atom is -0.465 e. The van der Waals surface area contributed by atoms with Crippen molar-refractivity contribution in [1.82, 2.24) is 14.7 Å². The fourth-order valence-corrected chi connectivity index (χ4v) is 5.11. The summed E-state index contributed by atoms with van der Waals surface area (Å²) in [5.41, 5.74) is 5.85. The van der Waals surface area contributed by atoms with Crippen molar-refractivity contribution in [1.29, 1.82) is 0 Å². The molecule has 1 saturated heterocycles. The van der Waals surface area contributed by atoms with Gasteiger partial charge in [-0.3, -0.25) is 4.79 Å².